The van der Waals surface area contributed by atoms with E-state index in [4.69, 9.17) is 17.4 Å². The number of nitrogens with one attached hydrogen (secondary N) is 1. The van der Waals surface area contributed by atoms with Gasteiger partial charge in [0.15, 0.2) is 5.15 Å². The third-order valence-electron chi connectivity index (χ3n) is 2.48. The molecule has 3 aromatic heterocycles. The summed E-state index contributed by atoms with van der Waals surface area (Å²) in [6.45, 7) is 0. The molecular weight excluding hydrogens is 316 g/mol. The molecule has 0 unspecified atom stereocenters. The summed E-state index contributed by atoms with van der Waals surface area (Å²) in [5.74, 6) is 5.87. The number of nitrogens with zero attached hydrogens (tertiary/aromatic N) is 6. The van der Waals surface area contributed by atoms with Crippen molar-refractivity contribution in [2.24, 2.45) is 0 Å². The normalized spacial score (nSPS) is 10.9. The van der Waals surface area contributed by atoms with Crippen molar-refractivity contribution in [1.82, 2.24) is 29.5 Å². The Bertz CT molecular complexity index is 799. The van der Waals surface area contributed by atoms with E-state index < -0.39 is 0 Å². The Kier molecular flexibility index (Phi) is 3.62. The van der Waals surface area contributed by atoms with Crippen LogP contribution in [0.15, 0.2) is 29.8 Å². The van der Waals surface area contributed by atoms with Gasteiger partial charge in [-0.05, 0) is 12.1 Å². The number of aromatic nitrogens is 6. The molecule has 0 saturated heterocycles. The smallest absolute Gasteiger partial charge is 0.273 e. The maximum Gasteiger partial charge on any atom is 0.273 e. The van der Waals surface area contributed by atoms with Crippen LogP contribution in [0.25, 0.3) is 5.78 Å². The first-order valence-corrected chi connectivity index (χ1v) is 7.08. The standard InChI is InChI=1S/C10H9ClN8OS/c11-8-6(2-1-3-13-8)15-7(20)4-21-10-17-16-9-18(12)5-14-19(9)10/h1-3,5H,4,12H2,(H,15,20). The molecule has 11 heteroatoms. The maximum absolute atomic E-state index is 11.9. The summed E-state index contributed by atoms with van der Waals surface area (Å²) in [4.78, 5) is 15.8. The minimum Gasteiger partial charge on any atom is -0.335 e. The van der Waals surface area contributed by atoms with Gasteiger partial charge in [-0.25, -0.2) is 9.66 Å². The highest BCUT2D eigenvalue weighted by atomic mass is 35.5. The molecule has 108 valence electrons. The largest absolute Gasteiger partial charge is 0.335 e. The van der Waals surface area contributed by atoms with Crippen molar-refractivity contribution >= 4 is 40.7 Å². The van der Waals surface area contributed by atoms with Gasteiger partial charge in [0.05, 0.1) is 11.4 Å². The van der Waals surface area contributed by atoms with Crippen molar-refractivity contribution in [3.63, 3.8) is 0 Å². The molecule has 3 rings (SSSR count). The average molecular weight is 325 g/mol. The molecule has 3 heterocycles. The number of halogens is 1. The number of nitrogens with two attached hydrogens (primary N) is 1. The van der Waals surface area contributed by atoms with Gasteiger partial charge in [-0.3, -0.25) is 4.79 Å². The van der Waals surface area contributed by atoms with Crippen molar-refractivity contribution in [3.05, 3.63) is 29.8 Å². The molecule has 0 radical (unpaired) electrons. The lowest BCUT2D eigenvalue weighted by Crippen LogP contribution is -2.14. The number of thioether (sulfide) groups is 1. The number of carbonyl (C=O) groups excluding carboxylic acids is 1. The van der Waals surface area contributed by atoms with Crippen LogP contribution in [0.3, 0.4) is 0 Å². The van der Waals surface area contributed by atoms with Crippen molar-refractivity contribution in [3.8, 4) is 0 Å². The number of carbonyl (C=O) groups is 1. The minimum atomic E-state index is -0.237. The summed E-state index contributed by atoms with van der Waals surface area (Å²) in [6.07, 6.45) is 2.95. The summed E-state index contributed by atoms with van der Waals surface area (Å²) >= 11 is 7.05. The first kappa shape index (κ1) is 13.6. The Balaban J connectivity index is 1.65. The van der Waals surface area contributed by atoms with Crippen LogP contribution in [0.1, 0.15) is 0 Å². The van der Waals surface area contributed by atoms with Crippen LogP contribution >= 0.6 is 23.4 Å². The van der Waals surface area contributed by atoms with Gasteiger partial charge >= 0.3 is 0 Å². The Morgan fingerprint density at radius 3 is 3.14 bits per heavy atom. The van der Waals surface area contributed by atoms with E-state index in [0.29, 0.717) is 16.6 Å². The number of anilines is 1. The van der Waals surface area contributed by atoms with E-state index in [1.165, 1.54) is 27.3 Å². The van der Waals surface area contributed by atoms with E-state index in [2.05, 4.69) is 25.6 Å². The molecule has 0 fully saturated rings. The lowest BCUT2D eigenvalue weighted by Gasteiger charge is -2.04. The van der Waals surface area contributed by atoms with Gasteiger partial charge < -0.3 is 11.2 Å². The molecule has 3 aromatic rings. The van der Waals surface area contributed by atoms with Crippen molar-refractivity contribution in [1.29, 1.82) is 0 Å². The fourth-order valence-corrected chi connectivity index (χ4v) is 2.41. The summed E-state index contributed by atoms with van der Waals surface area (Å²) in [5.41, 5.74) is 0.461. The third-order valence-corrected chi connectivity index (χ3v) is 3.70. The van der Waals surface area contributed by atoms with E-state index in [-0.39, 0.29) is 16.8 Å². The molecule has 0 bridgehead atoms. The monoisotopic (exact) mass is 324 g/mol. The summed E-state index contributed by atoms with van der Waals surface area (Å²) in [7, 11) is 0. The highest BCUT2D eigenvalue weighted by Gasteiger charge is 2.13. The van der Waals surface area contributed by atoms with E-state index in [1.54, 1.807) is 18.3 Å². The Hall–Kier alpha value is -2.33. The molecule has 0 aliphatic rings. The molecule has 0 aliphatic heterocycles. The Morgan fingerprint density at radius 1 is 1.48 bits per heavy atom. The predicted octanol–water partition coefficient (Wildman–Crippen LogP) is 0.419. The maximum atomic E-state index is 11.9. The third kappa shape index (κ3) is 2.76. The molecule has 0 saturated carbocycles. The van der Waals surface area contributed by atoms with Gasteiger partial charge in [0.2, 0.25) is 11.1 Å². The molecule has 3 N–H and O–H groups in total. The fraction of sp³-hybridized carbons (Fsp3) is 0.100. The molecular formula is C10H9ClN8OS. The van der Waals surface area contributed by atoms with Gasteiger partial charge in [-0.2, -0.15) is 9.61 Å². The van der Waals surface area contributed by atoms with Gasteiger partial charge in [-0.15, -0.1) is 10.2 Å². The first-order valence-electron chi connectivity index (χ1n) is 5.72. The quantitative estimate of drug-likeness (QED) is 0.406. The van der Waals surface area contributed by atoms with Crippen LogP contribution in [-0.2, 0) is 4.79 Å². The van der Waals surface area contributed by atoms with E-state index in [1.807, 2.05) is 0 Å². The van der Waals surface area contributed by atoms with Gasteiger partial charge in [0.1, 0.15) is 6.33 Å². The number of hydrogen-bond acceptors (Lipinski definition) is 7. The second-order valence-electron chi connectivity index (χ2n) is 3.91. The van der Waals surface area contributed by atoms with E-state index in [9.17, 15) is 4.79 Å². The zero-order valence-electron chi connectivity index (χ0n) is 10.5. The number of amides is 1. The van der Waals surface area contributed by atoms with Crippen molar-refractivity contribution in [2.75, 3.05) is 16.9 Å². The van der Waals surface area contributed by atoms with Gasteiger partial charge in [-0.1, -0.05) is 23.4 Å². The molecule has 0 aliphatic carbocycles. The second-order valence-corrected chi connectivity index (χ2v) is 5.21. The SMILES string of the molecule is Nn1cnn2c(SCC(=O)Nc3cccnc3Cl)nnc12. The summed E-state index contributed by atoms with van der Waals surface area (Å²) in [5, 5.41) is 15.1. The van der Waals surface area contributed by atoms with E-state index >= 15 is 0 Å². The molecule has 0 spiro atoms. The Morgan fingerprint density at radius 2 is 2.33 bits per heavy atom. The fourth-order valence-electron chi connectivity index (χ4n) is 1.56. The lowest BCUT2D eigenvalue weighted by molar-refractivity contribution is -0.113. The number of hydrogen-bond donors (Lipinski definition) is 2. The number of fused-ring (bicyclic) bond motifs is 1. The number of rotatable bonds is 4. The van der Waals surface area contributed by atoms with Crippen LogP contribution in [0.4, 0.5) is 5.69 Å². The molecule has 1 amide bonds. The van der Waals surface area contributed by atoms with Crippen LogP contribution in [0.2, 0.25) is 5.15 Å². The van der Waals surface area contributed by atoms with Crippen LogP contribution in [0.5, 0.6) is 0 Å². The topological polar surface area (TPSA) is 116 Å². The molecule has 9 nitrogen and oxygen atoms in total. The predicted molar refractivity (Wildman–Crippen MR) is 77.5 cm³/mol. The van der Waals surface area contributed by atoms with Crippen LogP contribution in [-0.4, -0.2) is 41.1 Å². The zero-order chi connectivity index (χ0) is 14.8. The molecule has 21 heavy (non-hydrogen) atoms. The van der Waals surface area contributed by atoms with Crippen LogP contribution in [0, 0.1) is 0 Å². The number of nitrogen functional groups attached to an aromatic ring is 1. The molecule has 0 aromatic carbocycles. The average Bonchev–Trinajstić information content (AvgIpc) is 3.03. The lowest BCUT2D eigenvalue weighted by atomic mass is 10.4. The first-order chi connectivity index (χ1) is 10.1. The van der Waals surface area contributed by atoms with Crippen LogP contribution < -0.4 is 11.2 Å². The molecule has 0 atom stereocenters. The Labute approximate surface area is 127 Å². The van der Waals surface area contributed by atoms with Gasteiger partial charge in [0, 0.05) is 6.20 Å². The van der Waals surface area contributed by atoms with E-state index in [0.717, 1.165) is 0 Å². The van der Waals surface area contributed by atoms with Crippen molar-refractivity contribution in [2.45, 2.75) is 5.16 Å². The van der Waals surface area contributed by atoms with Crippen molar-refractivity contribution < 1.29 is 4.79 Å². The zero-order valence-corrected chi connectivity index (χ0v) is 12.0. The highest BCUT2D eigenvalue weighted by molar-refractivity contribution is 7.99. The summed E-state index contributed by atoms with van der Waals surface area (Å²) < 4.78 is 2.70. The summed E-state index contributed by atoms with van der Waals surface area (Å²) in [6, 6.07) is 3.36. The highest BCUT2D eigenvalue weighted by Crippen LogP contribution is 2.19. The van der Waals surface area contributed by atoms with Gasteiger partial charge in [0.25, 0.3) is 5.78 Å². The second kappa shape index (κ2) is 5.58. The number of pyridine rings is 1. The minimum absolute atomic E-state index is 0.128.